The van der Waals surface area contributed by atoms with Crippen LogP contribution in [0.25, 0.3) is 0 Å². The molecule has 0 aliphatic carbocycles. The monoisotopic (exact) mass is 416 g/mol. The summed E-state index contributed by atoms with van der Waals surface area (Å²) in [5.41, 5.74) is 0.984. The van der Waals surface area contributed by atoms with Crippen LogP contribution >= 0.6 is 0 Å². The maximum Gasteiger partial charge on any atom is 0.338 e. The van der Waals surface area contributed by atoms with Crippen LogP contribution in [0.3, 0.4) is 0 Å². The number of hydrogen-bond acceptors (Lipinski definition) is 3. The molecule has 0 rings (SSSR count). The summed E-state index contributed by atoms with van der Waals surface area (Å²) in [5.74, 6) is 1.31. The largest absolute Gasteiger partial charge is 0.390 e. The summed E-state index contributed by atoms with van der Waals surface area (Å²) in [5, 5.41) is 0. The summed E-state index contributed by atoms with van der Waals surface area (Å²) < 4.78 is 4.51. The van der Waals surface area contributed by atoms with E-state index in [9.17, 15) is 9.59 Å². The first-order valence-corrected chi connectivity index (χ1v) is 10.1. The predicted molar refractivity (Wildman–Crippen MR) is 105 cm³/mol. The van der Waals surface area contributed by atoms with Crippen molar-refractivity contribution in [3.8, 4) is 0 Å². The average molecular weight is 418 g/mol. The average Bonchev–Trinajstić information content (AvgIpc) is 2.45. The Morgan fingerprint density at radius 1 is 0.808 bits per heavy atom. The van der Waals surface area contributed by atoms with E-state index in [0.717, 1.165) is 36.2 Å². The second kappa shape index (κ2) is 16.7. The minimum Gasteiger partial charge on any atom is -0.390 e. The summed E-state index contributed by atoms with van der Waals surface area (Å²) >= 11 is 0. The van der Waals surface area contributed by atoms with Crippen molar-refractivity contribution in [2.75, 3.05) is 0 Å². The summed E-state index contributed by atoms with van der Waals surface area (Å²) in [6.07, 6.45) is 12.7. The molecule has 148 valence electrons. The van der Waals surface area contributed by atoms with Crippen LogP contribution in [0, 0.1) is 17.8 Å². The summed E-state index contributed by atoms with van der Waals surface area (Å²) in [6.45, 7) is 12.5. The van der Waals surface area contributed by atoms with Crippen LogP contribution in [0.1, 0.15) is 99.3 Å². The van der Waals surface area contributed by atoms with Crippen LogP contribution in [0.2, 0.25) is 0 Å². The Morgan fingerprint density at radius 3 is 1.73 bits per heavy atom. The van der Waals surface area contributed by atoms with Crippen LogP contribution in [-0.4, -0.2) is 11.9 Å². The van der Waals surface area contributed by atoms with Crippen LogP contribution in [0.15, 0.2) is 11.6 Å². The molecule has 0 fully saturated rings. The van der Waals surface area contributed by atoms with Crippen LogP contribution < -0.4 is 0 Å². The second-order valence-corrected chi connectivity index (χ2v) is 8.26. The van der Waals surface area contributed by atoms with Crippen LogP contribution in [0.5, 0.6) is 0 Å². The molecule has 4 heteroatoms. The number of carbonyl (C=O) groups excluding carboxylic acids is 2. The molecule has 0 saturated carbocycles. The van der Waals surface area contributed by atoms with Crippen molar-refractivity contribution >= 4 is 11.9 Å². The van der Waals surface area contributed by atoms with Crippen molar-refractivity contribution in [3.63, 3.8) is 0 Å². The van der Waals surface area contributed by atoms with Crippen molar-refractivity contribution in [2.45, 2.75) is 99.3 Å². The first-order valence-electron chi connectivity index (χ1n) is 10.1. The third-order valence-electron chi connectivity index (χ3n) is 4.75. The van der Waals surface area contributed by atoms with Gasteiger partial charge in [-0.05, 0) is 37.5 Å². The van der Waals surface area contributed by atoms with Gasteiger partial charge in [0.2, 0.25) is 0 Å². The number of carbonyl (C=O) groups is 2. The fourth-order valence-corrected chi connectivity index (χ4v) is 3.15. The molecule has 0 bridgehead atoms. The number of rotatable bonds is 13. The molecule has 3 nitrogen and oxygen atoms in total. The molecule has 0 aromatic carbocycles. The molecule has 0 aliphatic heterocycles. The van der Waals surface area contributed by atoms with Gasteiger partial charge in [-0.3, -0.25) is 4.79 Å². The van der Waals surface area contributed by atoms with Gasteiger partial charge in [0.1, 0.15) is 0 Å². The van der Waals surface area contributed by atoms with E-state index in [2.05, 4.69) is 32.4 Å². The molecule has 0 aromatic rings. The normalized spacial score (nSPS) is 13.9. The Bertz CT molecular complexity index is 416. The molecule has 0 spiro atoms. The first kappa shape index (κ1) is 27.7. The Morgan fingerprint density at radius 2 is 1.27 bits per heavy atom. The molecule has 0 N–H and O–H groups in total. The summed E-state index contributed by atoms with van der Waals surface area (Å²) in [4.78, 5) is 22.1. The van der Waals surface area contributed by atoms with Gasteiger partial charge in [-0.25, -0.2) is 4.79 Å². The zero-order valence-corrected chi connectivity index (χ0v) is 21.1. The van der Waals surface area contributed by atoms with Crippen molar-refractivity contribution in [1.29, 1.82) is 0 Å². The van der Waals surface area contributed by atoms with E-state index in [1.165, 1.54) is 57.9 Å². The molecule has 0 amide bonds. The van der Waals surface area contributed by atoms with Crippen molar-refractivity contribution in [2.24, 2.45) is 17.8 Å². The van der Waals surface area contributed by atoms with Gasteiger partial charge in [-0.1, -0.05) is 78.2 Å². The van der Waals surface area contributed by atoms with Crippen LogP contribution in [-0.2, 0) is 33.8 Å². The van der Waals surface area contributed by atoms with E-state index in [1.807, 2.05) is 6.92 Å². The third-order valence-corrected chi connectivity index (χ3v) is 4.75. The molecule has 26 heavy (non-hydrogen) atoms. The van der Waals surface area contributed by atoms with Gasteiger partial charge < -0.3 is 4.74 Å². The Kier molecular flexibility index (Phi) is 17.8. The molecule has 0 heterocycles. The van der Waals surface area contributed by atoms with E-state index >= 15 is 0 Å². The van der Waals surface area contributed by atoms with Crippen molar-refractivity contribution in [3.05, 3.63) is 11.6 Å². The van der Waals surface area contributed by atoms with E-state index in [4.69, 9.17) is 0 Å². The minimum absolute atomic E-state index is 0. The van der Waals surface area contributed by atoms with Gasteiger partial charge in [0.15, 0.2) is 0 Å². The Hall–Kier alpha value is -0.497. The first-order chi connectivity index (χ1) is 11.7. The maximum atomic E-state index is 11.4. The molecule has 0 saturated heterocycles. The number of hydrogen-bond donors (Lipinski definition) is 0. The molecule has 0 radical (unpaired) electrons. The topological polar surface area (TPSA) is 43.4 Å². The smallest absolute Gasteiger partial charge is 0.338 e. The fourth-order valence-electron chi connectivity index (χ4n) is 3.15. The molecule has 0 aromatic heterocycles. The fraction of sp³-hybridized carbons (Fsp3) is 0.818. The van der Waals surface area contributed by atoms with Gasteiger partial charge in [-0.15, -0.1) is 0 Å². The van der Waals surface area contributed by atoms with Crippen LogP contribution in [0.4, 0.5) is 0 Å². The minimum atomic E-state index is -0.555. The van der Waals surface area contributed by atoms with Gasteiger partial charge >= 0.3 is 11.9 Å². The molecular weight excluding hydrogens is 378 g/mol. The van der Waals surface area contributed by atoms with E-state index in [0.29, 0.717) is 0 Å². The number of ether oxygens (including phenoxy) is 1. The van der Waals surface area contributed by atoms with E-state index in [1.54, 1.807) is 0 Å². The van der Waals surface area contributed by atoms with Gasteiger partial charge in [-0.2, -0.15) is 0 Å². The van der Waals surface area contributed by atoms with E-state index in [-0.39, 0.29) is 19.5 Å². The summed E-state index contributed by atoms with van der Waals surface area (Å²) in [7, 11) is 0. The molecule has 2 atom stereocenters. The van der Waals surface area contributed by atoms with Gasteiger partial charge in [0.25, 0.3) is 0 Å². The molecular formula is C22H40O3Zn. The standard InChI is InChI=1S/C22H40O3.Zn/c1-17(2)10-7-11-18(3)12-8-13-19(4)14-9-15-20(5)16-22(24)25-21(6)23;/h16-19H,7-15H2,1-6H3;/b20-16+;/t18-,19-;/m1./s1. The quantitative estimate of drug-likeness (QED) is 0.149. The Balaban J connectivity index is 0. The van der Waals surface area contributed by atoms with Crippen molar-refractivity contribution < 1.29 is 33.8 Å². The zero-order chi connectivity index (χ0) is 19.2. The zero-order valence-electron chi connectivity index (χ0n) is 18.1. The molecule has 0 unspecified atom stereocenters. The SMILES string of the molecule is CC(=O)OC(=O)/C=C(\C)CCC[C@H](C)CCC[C@H](C)CCCC(C)C.[Zn]. The van der Waals surface area contributed by atoms with Gasteiger partial charge in [0.05, 0.1) is 0 Å². The summed E-state index contributed by atoms with van der Waals surface area (Å²) in [6, 6.07) is 0. The van der Waals surface area contributed by atoms with Gasteiger partial charge in [0, 0.05) is 32.5 Å². The predicted octanol–water partition coefficient (Wildman–Crippen LogP) is 6.46. The molecule has 0 aliphatic rings. The second-order valence-electron chi connectivity index (χ2n) is 8.26. The number of esters is 2. The van der Waals surface area contributed by atoms with E-state index < -0.39 is 11.9 Å². The third kappa shape index (κ3) is 18.3. The van der Waals surface area contributed by atoms with Crippen molar-refractivity contribution in [1.82, 2.24) is 0 Å². The number of allylic oxidation sites excluding steroid dienone is 1. The Labute approximate surface area is 174 Å². The maximum absolute atomic E-state index is 11.4.